The number of aliphatic hydroxyl groups excluding tert-OH is 1. The average molecular weight is 549 g/mol. The molecule has 31 heavy (non-hydrogen) atoms. The van der Waals surface area contributed by atoms with Gasteiger partial charge in [0.05, 0.1) is 33.0 Å². The minimum absolute atomic E-state index is 0. The van der Waals surface area contributed by atoms with Crippen molar-refractivity contribution in [2.45, 2.75) is 45.8 Å². The number of halogens is 1. The normalized spacial score (nSPS) is 17.0. The summed E-state index contributed by atoms with van der Waals surface area (Å²) in [6, 6.07) is 7.93. The fraction of sp³-hybridized carbons (Fsp3) is 0.696. The Hall–Kier alpha value is -1.10. The summed E-state index contributed by atoms with van der Waals surface area (Å²) in [6.07, 6.45) is 1.65. The topological polar surface area (TPSA) is 78.4 Å². The minimum Gasteiger partial charge on any atom is -0.497 e. The highest BCUT2D eigenvalue weighted by molar-refractivity contribution is 14.0. The van der Waals surface area contributed by atoms with Gasteiger partial charge in [0.1, 0.15) is 5.75 Å². The number of benzene rings is 1. The Morgan fingerprint density at radius 1 is 1.19 bits per heavy atom. The van der Waals surface area contributed by atoms with Gasteiger partial charge in [0.25, 0.3) is 0 Å². The number of hydrogen-bond acceptors (Lipinski definition) is 5. The van der Waals surface area contributed by atoms with Gasteiger partial charge in [-0.25, -0.2) is 0 Å². The molecule has 1 saturated heterocycles. The van der Waals surface area contributed by atoms with Crippen molar-refractivity contribution in [2.75, 3.05) is 53.0 Å². The largest absolute Gasteiger partial charge is 0.497 e. The Bertz CT molecular complexity index is 637. The third-order valence-electron chi connectivity index (χ3n) is 5.83. The number of aliphatic imine (C=N–C) groups is 1. The summed E-state index contributed by atoms with van der Waals surface area (Å²) in [5.74, 6) is 2.09. The van der Waals surface area contributed by atoms with Crippen LogP contribution in [-0.4, -0.2) is 75.1 Å². The van der Waals surface area contributed by atoms with Crippen LogP contribution in [0.4, 0.5) is 0 Å². The van der Waals surface area contributed by atoms with Gasteiger partial charge >= 0.3 is 0 Å². The molecule has 0 radical (unpaired) electrons. The van der Waals surface area contributed by atoms with Crippen LogP contribution in [0.5, 0.6) is 5.75 Å². The van der Waals surface area contributed by atoms with E-state index >= 15 is 0 Å². The molecule has 2 atom stereocenters. The molecule has 7 nitrogen and oxygen atoms in total. The molecule has 0 saturated carbocycles. The van der Waals surface area contributed by atoms with E-state index in [4.69, 9.17) is 14.5 Å². The Kier molecular flexibility index (Phi) is 14.1. The number of ether oxygens (including phenoxy) is 2. The van der Waals surface area contributed by atoms with E-state index < -0.39 is 6.10 Å². The zero-order chi connectivity index (χ0) is 21.8. The molecular weight excluding hydrogens is 507 g/mol. The second kappa shape index (κ2) is 15.7. The number of nitrogens with one attached hydrogen (secondary N) is 2. The molecule has 0 spiro atoms. The summed E-state index contributed by atoms with van der Waals surface area (Å²) in [6.45, 7) is 12.0. The van der Waals surface area contributed by atoms with Crippen LogP contribution in [0.2, 0.25) is 0 Å². The second-order valence-corrected chi connectivity index (χ2v) is 7.69. The van der Waals surface area contributed by atoms with Crippen molar-refractivity contribution in [3.8, 4) is 5.75 Å². The van der Waals surface area contributed by atoms with Crippen LogP contribution >= 0.6 is 24.0 Å². The summed E-state index contributed by atoms with van der Waals surface area (Å²) in [7, 11) is 1.63. The molecule has 0 bridgehead atoms. The van der Waals surface area contributed by atoms with E-state index in [9.17, 15) is 5.11 Å². The van der Waals surface area contributed by atoms with E-state index in [1.165, 1.54) is 0 Å². The lowest BCUT2D eigenvalue weighted by Gasteiger charge is -2.38. The maximum Gasteiger partial charge on any atom is 0.191 e. The highest BCUT2D eigenvalue weighted by Gasteiger charge is 2.26. The fourth-order valence-electron chi connectivity index (χ4n) is 3.99. The average Bonchev–Trinajstić information content (AvgIpc) is 2.80. The third kappa shape index (κ3) is 9.11. The molecule has 1 heterocycles. The molecule has 1 fully saturated rings. The molecule has 1 aromatic rings. The fourth-order valence-corrected chi connectivity index (χ4v) is 3.99. The summed E-state index contributed by atoms with van der Waals surface area (Å²) >= 11 is 0. The van der Waals surface area contributed by atoms with Crippen LogP contribution in [0.25, 0.3) is 0 Å². The van der Waals surface area contributed by atoms with Crippen LogP contribution < -0.4 is 15.4 Å². The van der Waals surface area contributed by atoms with Crippen molar-refractivity contribution < 1.29 is 14.6 Å². The summed E-state index contributed by atoms with van der Waals surface area (Å²) in [5, 5.41) is 17.2. The van der Waals surface area contributed by atoms with Gasteiger partial charge in [0.2, 0.25) is 0 Å². The maximum absolute atomic E-state index is 10.6. The zero-order valence-electron chi connectivity index (χ0n) is 19.5. The monoisotopic (exact) mass is 548 g/mol. The number of rotatable bonds is 11. The van der Waals surface area contributed by atoms with E-state index in [0.717, 1.165) is 69.5 Å². The van der Waals surface area contributed by atoms with Gasteiger partial charge in [0.15, 0.2) is 5.96 Å². The first-order valence-corrected chi connectivity index (χ1v) is 11.3. The number of methoxy groups -OCH3 is 1. The lowest BCUT2D eigenvalue weighted by Crippen LogP contribution is -2.49. The maximum atomic E-state index is 10.6. The smallest absolute Gasteiger partial charge is 0.191 e. The molecule has 178 valence electrons. The van der Waals surface area contributed by atoms with Gasteiger partial charge in [0, 0.05) is 32.2 Å². The van der Waals surface area contributed by atoms with Crippen molar-refractivity contribution in [3.05, 3.63) is 29.8 Å². The number of hydrogen-bond donors (Lipinski definition) is 3. The molecule has 0 aliphatic carbocycles. The van der Waals surface area contributed by atoms with Crippen LogP contribution in [0, 0.1) is 5.92 Å². The Labute approximate surface area is 205 Å². The zero-order valence-corrected chi connectivity index (χ0v) is 21.8. The van der Waals surface area contributed by atoms with Crippen molar-refractivity contribution in [1.29, 1.82) is 0 Å². The van der Waals surface area contributed by atoms with Gasteiger partial charge in [-0.1, -0.05) is 38.8 Å². The predicted octanol–water partition coefficient (Wildman–Crippen LogP) is 3.04. The summed E-state index contributed by atoms with van der Waals surface area (Å²) < 4.78 is 10.8. The van der Waals surface area contributed by atoms with Crippen molar-refractivity contribution in [1.82, 2.24) is 15.5 Å². The molecule has 0 amide bonds. The molecule has 0 aromatic heterocycles. The Balaban J connectivity index is 0.00000480. The van der Waals surface area contributed by atoms with Gasteiger partial charge in [-0.15, -0.1) is 24.0 Å². The van der Waals surface area contributed by atoms with E-state index in [-0.39, 0.29) is 24.0 Å². The highest BCUT2D eigenvalue weighted by Crippen LogP contribution is 2.21. The first kappa shape index (κ1) is 27.9. The quantitative estimate of drug-likeness (QED) is 0.224. The molecule has 1 aliphatic rings. The highest BCUT2D eigenvalue weighted by atomic mass is 127. The van der Waals surface area contributed by atoms with E-state index in [2.05, 4.69) is 36.3 Å². The molecule has 3 N–H and O–H groups in total. The standard InChI is InChI=1S/C23H40N4O3.HI/c1-5-18(6-2)21(27-11-13-30-14-12-27)16-25-23(24-7-3)26-17-22(28)19-9-8-10-20(15-19)29-4;/h8-10,15,18,21-22,28H,5-7,11-14,16-17H2,1-4H3,(H2,24,25,26);1H. The van der Waals surface area contributed by atoms with Gasteiger partial charge in [-0.05, 0) is 30.5 Å². The third-order valence-corrected chi connectivity index (χ3v) is 5.83. The Morgan fingerprint density at radius 2 is 1.90 bits per heavy atom. The predicted molar refractivity (Wildman–Crippen MR) is 138 cm³/mol. The second-order valence-electron chi connectivity index (χ2n) is 7.69. The van der Waals surface area contributed by atoms with Crippen LogP contribution in [0.1, 0.15) is 45.3 Å². The lowest BCUT2D eigenvalue weighted by atomic mass is 9.92. The molecular formula is C23H41IN4O3. The molecule has 1 aliphatic heterocycles. The van der Waals surface area contributed by atoms with Crippen molar-refractivity contribution in [2.24, 2.45) is 10.9 Å². The van der Waals surface area contributed by atoms with Gasteiger partial charge < -0.3 is 25.2 Å². The first-order valence-electron chi connectivity index (χ1n) is 11.3. The lowest BCUT2D eigenvalue weighted by molar-refractivity contribution is 0.00395. The van der Waals surface area contributed by atoms with Crippen LogP contribution in [0.15, 0.2) is 29.3 Å². The summed E-state index contributed by atoms with van der Waals surface area (Å²) in [4.78, 5) is 7.41. The Morgan fingerprint density at radius 3 is 2.52 bits per heavy atom. The molecule has 1 aromatic carbocycles. The minimum atomic E-state index is -0.641. The number of aliphatic hydroxyl groups is 1. The van der Waals surface area contributed by atoms with Crippen molar-refractivity contribution >= 4 is 29.9 Å². The number of morpholine rings is 1. The molecule has 2 unspecified atom stereocenters. The number of guanidine groups is 1. The van der Waals surface area contributed by atoms with Gasteiger partial charge in [-0.3, -0.25) is 9.89 Å². The van der Waals surface area contributed by atoms with E-state index in [1.807, 2.05) is 24.3 Å². The summed E-state index contributed by atoms with van der Waals surface area (Å²) in [5.41, 5.74) is 0.820. The molecule has 2 rings (SSSR count). The van der Waals surface area contributed by atoms with Crippen LogP contribution in [0.3, 0.4) is 0 Å². The van der Waals surface area contributed by atoms with E-state index in [0.29, 0.717) is 18.5 Å². The van der Waals surface area contributed by atoms with Crippen LogP contribution in [-0.2, 0) is 4.74 Å². The number of nitrogens with zero attached hydrogens (tertiary/aromatic N) is 2. The van der Waals surface area contributed by atoms with E-state index in [1.54, 1.807) is 7.11 Å². The van der Waals surface area contributed by atoms with Gasteiger partial charge in [-0.2, -0.15) is 0 Å². The van der Waals surface area contributed by atoms with Crippen molar-refractivity contribution in [3.63, 3.8) is 0 Å². The molecule has 8 heteroatoms. The SMILES string of the molecule is CCNC(=NCC(C(CC)CC)N1CCOCC1)NCC(O)c1cccc(OC)c1.I. The first-order chi connectivity index (χ1) is 14.6.